The maximum atomic E-state index is 13.0. The van der Waals surface area contributed by atoms with Crippen molar-refractivity contribution in [3.05, 3.63) is 42.1 Å². The van der Waals surface area contributed by atoms with Gasteiger partial charge >= 0.3 is 0 Å². The molecule has 0 spiro atoms. The molecule has 0 N–H and O–H groups in total. The van der Waals surface area contributed by atoms with Gasteiger partial charge in [0, 0.05) is 24.7 Å². The van der Waals surface area contributed by atoms with Crippen LogP contribution in [0, 0.1) is 0 Å². The summed E-state index contributed by atoms with van der Waals surface area (Å²) in [6, 6.07) is 10.1. The van der Waals surface area contributed by atoms with Crippen LogP contribution < -0.4 is 0 Å². The van der Waals surface area contributed by atoms with Crippen molar-refractivity contribution in [2.75, 3.05) is 26.3 Å². The highest BCUT2D eigenvalue weighted by molar-refractivity contribution is 5.97. The van der Waals surface area contributed by atoms with Crippen molar-refractivity contribution in [3.63, 3.8) is 0 Å². The van der Waals surface area contributed by atoms with E-state index in [9.17, 15) is 4.79 Å². The number of morpholine rings is 1. The molecule has 21 heavy (non-hydrogen) atoms. The Kier molecular flexibility index (Phi) is 2.93. The summed E-state index contributed by atoms with van der Waals surface area (Å²) in [5, 5.41) is 1.11. The first-order chi connectivity index (χ1) is 10.3. The van der Waals surface area contributed by atoms with Gasteiger partial charge < -0.3 is 9.64 Å². The molecule has 4 rings (SSSR count). The maximum Gasteiger partial charge on any atom is 0.233 e. The summed E-state index contributed by atoms with van der Waals surface area (Å²) >= 11 is 0. The maximum absolute atomic E-state index is 13.0. The quantitative estimate of drug-likeness (QED) is 0.847. The van der Waals surface area contributed by atoms with E-state index in [1.165, 1.54) is 0 Å². The number of aromatic nitrogens is 1. The Hall–Kier alpha value is -1.94. The Morgan fingerprint density at radius 2 is 1.90 bits per heavy atom. The van der Waals surface area contributed by atoms with Gasteiger partial charge in [0.15, 0.2) is 0 Å². The van der Waals surface area contributed by atoms with E-state index in [-0.39, 0.29) is 11.3 Å². The predicted octanol–water partition coefficient (Wildman–Crippen LogP) is 2.13. The summed E-state index contributed by atoms with van der Waals surface area (Å²) in [6.45, 7) is 2.73. The van der Waals surface area contributed by atoms with Crippen LogP contribution >= 0.6 is 0 Å². The average Bonchev–Trinajstić information content (AvgIpc) is 3.36. The summed E-state index contributed by atoms with van der Waals surface area (Å²) < 4.78 is 5.36. The van der Waals surface area contributed by atoms with Gasteiger partial charge in [0.05, 0.1) is 24.1 Å². The summed E-state index contributed by atoms with van der Waals surface area (Å²) in [5.74, 6) is 0.266. The van der Waals surface area contributed by atoms with Crippen LogP contribution in [0.5, 0.6) is 0 Å². The molecule has 1 saturated heterocycles. The number of fused-ring (bicyclic) bond motifs is 1. The van der Waals surface area contributed by atoms with E-state index < -0.39 is 0 Å². The van der Waals surface area contributed by atoms with Crippen LogP contribution in [0.3, 0.4) is 0 Å². The van der Waals surface area contributed by atoms with E-state index in [2.05, 4.69) is 11.1 Å². The number of para-hydroxylation sites is 1. The first-order valence-electron chi connectivity index (χ1n) is 7.53. The molecule has 2 aliphatic rings. The van der Waals surface area contributed by atoms with Crippen molar-refractivity contribution in [1.82, 2.24) is 9.88 Å². The lowest BCUT2D eigenvalue weighted by molar-refractivity contribution is -0.138. The minimum Gasteiger partial charge on any atom is -0.378 e. The van der Waals surface area contributed by atoms with Crippen molar-refractivity contribution in [2.45, 2.75) is 18.3 Å². The van der Waals surface area contributed by atoms with Crippen LogP contribution in [0.4, 0.5) is 0 Å². The molecule has 1 aromatic carbocycles. The number of carbonyl (C=O) groups is 1. The number of hydrogen-bond donors (Lipinski definition) is 0. The van der Waals surface area contributed by atoms with Crippen LogP contribution in [0.15, 0.2) is 36.5 Å². The fraction of sp³-hybridized carbons (Fsp3) is 0.412. The second-order valence-electron chi connectivity index (χ2n) is 5.86. The molecule has 2 aromatic rings. The van der Waals surface area contributed by atoms with E-state index in [4.69, 9.17) is 4.74 Å². The molecule has 1 amide bonds. The third kappa shape index (κ3) is 2.02. The topological polar surface area (TPSA) is 42.4 Å². The van der Waals surface area contributed by atoms with Crippen molar-refractivity contribution < 1.29 is 9.53 Å². The number of nitrogens with zero attached hydrogens (tertiary/aromatic N) is 2. The van der Waals surface area contributed by atoms with Crippen LogP contribution in [-0.2, 0) is 14.9 Å². The normalized spacial score (nSPS) is 20.5. The van der Waals surface area contributed by atoms with Gasteiger partial charge in [-0.25, -0.2) is 0 Å². The Bertz CT molecular complexity index is 683. The summed E-state index contributed by atoms with van der Waals surface area (Å²) in [4.78, 5) is 19.4. The van der Waals surface area contributed by atoms with Crippen molar-refractivity contribution in [2.24, 2.45) is 0 Å². The Balaban J connectivity index is 1.75. The van der Waals surface area contributed by atoms with Crippen molar-refractivity contribution >= 4 is 16.8 Å². The van der Waals surface area contributed by atoms with E-state index in [0.717, 1.165) is 29.3 Å². The van der Waals surface area contributed by atoms with Gasteiger partial charge in [-0.05, 0) is 30.5 Å². The van der Waals surface area contributed by atoms with Gasteiger partial charge in [-0.3, -0.25) is 9.78 Å². The number of pyridine rings is 1. The van der Waals surface area contributed by atoms with Crippen molar-refractivity contribution in [3.8, 4) is 0 Å². The molecule has 4 heteroatoms. The van der Waals surface area contributed by atoms with Crippen LogP contribution in [0.1, 0.15) is 18.4 Å². The standard InChI is InChI=1S/C17H18N2O2/c20-16(19-9-11-21-12-10-19)17(6-7-17)14-5-8-18-15-4-2-1-3-13(14)15/h1-5,8H,6-7,9-12H2. The van der Waals surface area contributed by atoms with Gasteiger partial charge in [-0.1, -0.05) is 18.2 Å². The zero-order chi connectivity index (χ0) is 14.3. The van der Waals surface area contributed by atoms with E-state index in [0.29, 0.717) is 26.3 Å². The summed E-state index contributed by atoms with van der Waals surface area (Å²) in [7, 11) is 0. The van der Waals surface area contributed by atoms with E-state index >= 15 is 0 Å². The number of hydrogen-bond acceptors (Lipinski definition) is 3. The zero-order valence-electron chi connectivity index (χ0n) is 11.9. The number of carbonyl (C=O) groups excluding carboxylic acids is 1. The van der Waals surface area contributed by atoms with Gasteiger partial charge in [-0.2, -0.15) is 0 Å². The molecule has 1 aliphatic heterocycles. The molecular formula is C17H18N2O2. The lowest BCUT2D eigenvalue weighted by Gasteiger charge is -2.31. The molecule has 2 heterocycles. The smallest absolute Gasteiger partial charge is 0.233 e. The molecule has 108 valence electrons. The molecule has 4 nitrogen and oxygen atoms in total. The minimum absolute atomic E-state index is 0.266. The Morgan fingerprint density at radius 3 is 2.67 bits per heavy atom. The third-order valence-corrected chi connectivity index (χ3v) is 4.62. The van der Waals surface area contributed by atoms with Crippen LogP contribution in [0.25, 0.3) is 10.9 Å². The molecular weight excluding hydrogens is 264 g/mol. The average molecular weight is 282 g/mol. The summed E-state index contributed by atoms with van der Waals surface area (Å²) in [5.41, 5.74) is 1.79. The fourth-order valence-electron chi connectivity index (χ4n) is 3.31. The molecule has 1 saturated carbocycles. The Morgan fingerprint density at radius 1 is 1.14 bits per heavy atom. The van der Waals surface area contributed by atoms with Gasteiger partial charge in [-0.15, -0.1) is 0 Å². The first kappa shape index (κ1) is 12.8. The van der Waals surface area contributed by atoms with Gasteiger partial charge in [0.2, 0.25) is 5.91 Å². The highest BCUT2D eigenvalue weighted by atomic mass is 16.5. The second kappa shape index (κ2) is 4.81. The Labute approximate surface area is 123 Å². The molecule has 0 bridgehead atoms. The van der Waals surface area contributed by atoms with Crippen molar-refractivity contribution in [1.29, 1.82) is 0 Å². The largest absolute Gasteiger partial charge is 0.378 e. The lowest BCUT2D eigenvalue weighted by Crippen LogP contribution is -2.45. The lowest BCUT2D eigenvalue weighted by atomic mass is 9.91. The minimum atomic E-state index is -0.320. The SMILES string of the molecule is O=C(N1CCOCC1)C1(c2ccnc3ccccc23)CC1. The number of rotatable bonds is 2. The number of amides is 1. The first-order valence-corrected chi connectivity index (χ1v) is 7.53. The van der Waals surface area contributed by atoms with Gasteiger partial charge in [0.1, 0.15) is 0 Å². The molecule has 1 aliphatic carbocycles. The van der Waals surface area contributed by atoms with E-state index in [1.807, 2.05) is 35.4 Å². The monoisotopic (exact) mass is 282 g/mol. The highest BCUT2D eigenvalue weighted by Crippen LogP contribution is 2.51. The third-order valence-electron chi connectivity index (χ3n) is 4.62. The number of benzene rings is 1. The molecule has 0 atom stereocenters. The predicted molar refractivity (Wildman–Crippen MR) is 80.1 cm³/mol. The molecule has 0 unspecified atom stereocenters. The number of ether oxygens (including phenoxy) is 1. The van der Waals surface area contributed by atoms with E-state index in [1.54, 1.807) is 0 Å². The summed E-state index contributed by atoms with van der Waals surface area (Å²) in [6.07, 6.45) is 3.71. The van der Waals surface area contributed by atoms with Crippen LogP contribution in [-0.4, -0.2) is 42.1 Å². The zero-order valence-corrected chi connectivity index (χ0v) is 11.9. The molecule has 1 aromatic heterocycles. The molecule has 2 fully saturated rings. The van der Waals surface area contributed by atoms with Gasteiger partial charge in [0.25, 0.3) is 0 Å². The fourth-order valence-corrected chi connectivity index (χ4v) is 3.31. The second-order valence-corrected chi connectivity index (χ2v) is 5.86. The van der Waals surface area contributed by atoms with Crippen LogP contribution in [0.2, 0.25) is 0 Å². The highest BCUT2D eigenvalue weighted by Gasteiger charge is 2.53. The molecule has 0 radical (unpaired) electrons.